The molecular formula is C13H18N2O. The maximum absolute atomic E-state index is 5.02. The Hall–Kier alpha value is -1.48. The Morgan fingerprint density at radius 2 is 2.12 bits per heavy atom. The zero-order valence-electron chi connectivity index (χ0n) is 10.1. The lowest BCUT2D eigenvalue weighted by atomic mass is 10.2. The molecule has 3 heteroatoms. The van der Waals surface area contributed by atoms with Crippen molar-refractivity contribution in [2.75, 3.05) is 0 Å². The highest BCUT2D eigenvalue weighted by molar-refractivity contribution is 5.26. The van der Waals surface area contributed by atoms with Gasteiger partial charge in [-0.15, -0.1) is 0 Å². The summed E-state index contributed by atoms with van der Waals surface area (Å²) in [5, 5.41) is 3.41. The second-order valence-corrected chi connectivity index (χ2v) is 4.19. The van der Waals surface area contributed by atoms with Crippen molar-refractivity contribution in [3.8, 4) is 0 Å². The molecule has 2 aromatic heterocycles. The third kappa shape index (κ3) is 2.19. The summed E-state index contributed by atoms with van der Waals surface area (Å²) in [6.07, 6.45) is 3.48. The molecular weight excluding hydrogens is 200 g/mol. The summed E-state index contributed by atoms with van der Waals surface area (Å²) in [5.41, 5.74) is 5.18. The van der Waals surface area contributed by atoms with Gasteiger partial charge >= 0.3 is 0 Å². The van der Waals surface area contributed by atoms with E-state index in [1.54, 1.807) is 12.5 Å². The molecule has 0 bridgehead atoms. The minimum atomic E-state index is 0.851. The molecule has 0 fully saturated rings. The Labute approximate surface area is 96.1 Å². The summed E-state index contributed by atoms with van der Waals surface area (Å²) >= 11 is 0. The van der Waals surface area contributed by atoms with E-state index in [1.165, 1.54) is 22.5 Å². The molecule has 0 saturated carbocycles. The Balaban J connectivity index is 1.92. The number of rotatable bonds is 4. The smallest absolute Gasteiger partial charge is 0.0947 e. The van der Waals surface area contributed by atoms with Gasteiger partial charge in [-0.2, -0.15) is 0 Å². The van der Waals surface area contributed by atoms with Gasteiger partial charge in [-0.3, -0.25) is 0 Å². The van der Waals surface area contributed by atoms with Crippen molar-refractivity contribution < 1.29 is 4.42 Å². The molecule has 0 unspecified atom stereocenters. The highest BCUT2D eigenvalue weighted by Crippen LogP contribution is 2.13. The van der Waals surface area contributed by atoms with Crippen molar-refractivity contribution in [2.24, 2.45) is 7.05 Å². The van der Waals surface area contributed by atoms with E-state index >= 15 is 0 Å². The quantitative estimate of drug-likeness (QED) is 0.854. The first-order chi connectivity index (χ1) is 7.68. The van der Waals surface area contributed by atoms with Gasteiger partial charge in [0.1, 0.15) is 0 Å². The Morgan fingerprint density at radius 1 is 1.31 bits per heavy atom. The average Bonchev–Trinajstić information content (AvgIpc) is 2.85. The minimum absolute atomic E-state index is 0.851. The van der Waals surface area contributed by atoms with Gasteiger partial charge in [0.2, 0.25) is 0 Å². The van der Waals surface area contributed by atoms with Crippen molar-refractivity contribution in [2.45, 2.75) is 26.9 Å². The molecule has 2 aromatic rings. The molecule has 0 atom stereocenters. The maximum atomic E-state index is 5.02. The van der Waals surface area contributed by atoms with Gasteiger partial charge in [0.15, 0.2) is 0 Å². The number of hydrogen-bond donors (Lipinski definition) is 1. The van der Waals surface area contributed by atoms with Gasteiger partial charge in [-0.25, -0.2) is 0 Å². The van der Waals surface area contributed by atoms with Crippen LogP contribution in [-0.2, 0) is 20.1 Å². The molecule has 0 amide bonds. The van der Waals surface area contributed by atoms with Crippen LogP contribution in [0.4, 0.5) is 0 Å². The van der Waals surface area contributed by atoms with Crippen LogP contribution < -0.4 is 5.32 Å². The maximum Gasteiger partial charge on any atom is 0.0947 e. The van der Waals surface area contributed by atoms with E-state index in [9.17, 15) is 0 Å². The predicted octanol–water partition coefficient (Wildman–Crippen LogP) is 2.52. The highest BCUT2D eigenvalue weighted by atomic mass is 16.3. The first-order valence-electron chi connectivity index (χ1n) is 5.52. The third-order valence-electron chi connectivity index (χ3n) is 3.10. The fraction of sp³-hybridized carbons (Fsp3) is 0.385. The Morgan fingerprint density at radius 3 is 2.69 bits per heavy atom. The molecule has 0 aliphatic rings. The van der Waals surface area contributed by atoms with Crippen LogP contribution in [0.3, 0.4) is 0 Å². The molecule has 0 radical (unpaired) electrons. The molecule has 0 aliphatic heterocycles. The monoisotopic (exact) mass is 218 g/mol. The van der Waals surface area contributed by atoms with Crippen LogP contribution in [0.15, 0.2) is 29.1 Å². The second kappa shape index (κ2) is 4.58. The lowest BCUT2D eigenvalue weighted by Crippen LogP contribution is -2.12. The van der Waals surface area contributed by atoms with E-state index in [2.05, 4.69) is 36.8 Å². The van der Waals surface area contributed by atoms with Crippen molar-refractivity contribution >= 4 is 0 Å². The number of nitrogens with one attached hydrogen (secondary N) is 1. The van der Waals surface area contributed by atoms with Gasteiger partial charge in [0.05, 0.1) is 12.5 Å². The second-order valence-electron chi connectivity index (χ2n) is 4.19. The van der Waals surface area contributed by atoms with E-state index in [1.807, 2.05) is 6.07 Å². The predicted molar refractivity (Wildman–Crippen MR) is 64.1 cm³/mol. The summed E-state index contributed by atoms with van der Waals surface area (Å²) in [7, 11) is 2.10. The van der Waals surface area contributed by atoms with Gasteiger partial charge in [-0.1, -0.05) is 0 Å². The van der Waals surface area contributed by atoms with Crippen molar-refractivity contribution in [3.63, 3.8) is 0 Å². The standard InChI is InChI=1S/C13H18N2O/c1-10-6-13(11(2)15(10)3)8-14-7-12-4-5-16-9-12/h4-6,9,14H,7-8H2,1-3H3. The Bertz CT molecular complexity index is 454. The van der Waals surface area contributed by atoms with Crippen molar-refractivity contribution in [1.82, 2.24) is 9.88 Å². The zero-order chi connectivity index (χ0) is 11.5. The van der Waals surface area contributed by atoms with Gasteiger partial charge in [0.25, 0.3) is 0 Å². The fourth-order valence-electron chi connectivity index (χ4n) is 1.85. The van der Waals surface area contributed by atoms with E-state index in [0.717, 1.165) is 13.1 Å². The van der Waals surface area contributed by atoms with Gasteiger partial charge < -0.3 is 14.3 Å². The van der Waals surface area contributed by atoms with Crippen LogP contribution in [0.5, 0.6) is 0 Å². The SMILES string of the molecule is Cc1cc(CNCc2ccoc2)c(C)n1C. The van der Waals surface area contributed by atoms with E-state index in [-0.39, 0.29) is 0 Å². The summed E-state index contributed by atoms with van der Waals surface area (Å²) in [6, 6.07) is 4.22. The van der Waals surface area contributed by atoms with E-state index in [4.69, 9.17) is 4.42 Å². The topological polar surface area (TPSA) is 30.1 Å². The molecule has 86 valence electrons. The fourth-order valence-corrected chi connectivity index (χ4v) is 1.85. The first-order valence-corrected chi connectivity index (χ1v) is 5.52. The molecule has 1 N–H and O–H groups in total. The number of nitrogens with zero attached hydrogens (tertiary/aromatic N) is 1. The average molecular weight is 218 g/mol. The Kier molecular flexibility index (Phi) is 3.15. The summed E-state index contributed by atoms with van der Waals surface area (Å²) in [5.74, 6) is 0. The highest BCUT2D eigenvalue weighted by Gasteiger charge is 2.05. The molecule has 0 aromatic carbocycles. The number of aromatic nitrogens is 1. The molecule has 2 rings (SSSR count). The van der Waals surface area contributed by atoms with E-state index < -0.39 is 0 Å². The zero-order valence-corrected chi connectivity index (χ0v) is 10.1. The largest absolute Gasteiger partial charge is 0.472 e. The van der Waals surface area contributed by atoms with Gasteiger partial charge in [-0.05, 0) is 31.5 Å². The number of hydrogen-bond acceptors (Lipinski definition) is 2. The van der Waals surface area contributed by atoms with Crippen molar-refractivity contribution in [1.29, 1.82) is 0 Å². The summed E-state index contributed by atoms with van der Waals surface area (Å²) in [4.78, 5) is 0. The summed E-state index contributed by atoms with van der Waals surface area (Å²) < 4.78 is 7.24. The van der Waals surface area contributed by atoms with E-state index in [0.29, 0.717) is 0 Å². The van der Waals surface area contributed by atoms with Crippen LogP contribution in [0.25, 0.3) is 0 Å². The minimum Gasteiger partial charge on any atom is -0.472 e. The van der Waals surface area contributed by atoms with Crippen LogP contribution >= 0.6 is 0 Å². The van der Waals surface area contributed by atoms with Gasteiger partial charge in [0, 0.05) is 37.1 Å². The normalized spacial score (nSPS) is 10.9. The van der Waals surface area contributed by atoms with Crippen molar-refractivity contribution in [3.05, 3.63) is 47.2 Å². The molecule has 3 nitrogen and oxygen atoms in total. The number of aryl methyl sites for hydroxylation is 1. The first kappa shape index (κ1) is 11.0. The summed E-state index contributed by atoms with van der Waals surface area (Å²) in [6.45, 7) is 6.04. The molecule has 0 aliphatic carbocycles. The van der Waals surface area contributed by atoms with Crippen LogP contribution in [0.2, 0.25) is 0 Å². The molecule has 0 saturated heterocycles. The van der Waals surface area contributed by atoms with Crippen LogP contribution in [0.1, 0.15) is 22.5 Å². The lowest BCUT2D eigenvalue weighted by Gasteiger charge is -2.04. The third-order valence-corrected chi connectivity index (χ3v) is 3.10. The van der Waals surface area contributed by atoms with Crippen LogP contribution in [0, 0.1) is 13.8 Å². The lowest BCUT2D eigenvalue weighted by molar-refractivity contribution is 0.560. The molecule has 2 heterocycles. The number of furan rings is 1. The molecule has 16 heavy (non-hydrogen) atoms. The van der Waals surface area contributed by atoms with Crippen LogP contribution in [-0.4, -0.2) is 4.57 Å². The molecule has 0 spiro atoms.